The predicted octanol–water partition coefficient (Wildman–Crippen LogP) is 4.38. The molecular formula is C12H18O. The van der Waals surface area contributed by atoms with Gasteiger partial charge in [0.25, 0.3) is 0 Å². The quantitative estimate of drug-likeness (QED) is 0.502. The summed E-state index contributed by atoms with van der Waals surface area (Å²) in [5.74, 6) is 2.06. The van der Waals surface area contributed by atoms with Gasteiger partial charge in [0.05, 0.1) is 0 Å². The van der Waals surface area contributed by atoms with E-state index in [4.69, 9.17) is 4.74 Å². The minimum absolute atomic E-state index is 1.03. The zero-order chi connectivity index (χ0) is 9.52. The predicted molar refractivity (Wildman–Crippen MR) is 56.3 cm³/mol. The van der Waals surface area contributed by atoms with E-state index >= 15 is 0 Å². The van der Waals surface area contributed by atoms with Crippen molar-refractivity contribution in [2.45, 2.75) is 39.5 Å². The van der Waals surface area contributed by atoms with Crippen molar-refractivity contribution in [2.24, 2.45) is 0 Å². The Kier molecular flexibility index (Phi) is 4.37. The molecule has 0 radical (unpaired) electrons. The molecule has 0 amide bonds. The minimum atomic E-state index is 1.03. The molecule has 0 atom stereocenters. The van der Waals surface area contributed by atoms with Gasteiger partial charge in [-0.15, -0.1) is 0 Å². The number of para-hydroxylation sites is 2. The molecule has 72 valence electrons. The molecule has 1 aromatic rings. The SMILES string of the molecule is CCCCCC.c1ccc2c(c1)O2. The maximum absolute atomic E-state index is 4.94. The maximum Gasteiger partial charge on any atom is 0.170 e. The first-order valence-electron chi connectivity index (χ1n) is 5.15. The van der Waals surface area contributed by atoms with Gasteiger partial charge >= 0.3 is 0 Å². The lowest BCUT2D eigenvalue weighted by Crippen LogP contribution is -1.66. The van der Waals surface area contributed by atoms with Crippen LogP contribution in [0.25, 0.3) is 0 Å². The van der Waals surface area contributed by atoms with Crippen LogP contribution in [0.3, 0.4) is 0 Å². The zero-order valence-electron chi connectivity index (χ0n) is 8.55. The first-order valence-corrected chi connectivity index (χ1v) is 5.15. The normalized spacial score (nSPS) is 10.6. The summed E-state index contributed by atoms with van der Waals surface area (Å²) < 4.78 is 4.94. The van der Waals surface area contributed by atoms with Crippen molar-refractivity contribution in [1.29, 1.82) is 0 Å². The van der Waals surface area contributed by atoms with Gasteiger partial charge in [0.1, 0.15) is 0 Å². The van der Waals surface area contributed by atoms with Crippen molar-refractivity contribution in [3.63, 3.8) is 0 Å². The lowest BCUT2D eigenvalue weighted by molar-refractivity contribution is 0.650. The van der Waals surface area contributed by atoms with Gasteiger partial charge in [-0.1, -0.05) is 51.7 Å². The van der Waals surface area contributed by atoms with Crippen molar-refractivity contribution in [2.75, 3.05) is 0 Å². The van der Waals surface area contributed by atoms with E-state index in [1.807, 2.05) is 24.3 Å². The Balaban J connectivity index is 0.000000133. The molecule has 0 aromatic heterocycles. The Bertz CT molecular complexity index is 218. The van der Waals surface area contributed by atoms with Crippen LogP contribution in [0.4, 0.5) is 0 Å². The number of hydrogen-bond donors (Lipinski definition) is 0. The van der Waals surface area contributed by atoms with E-state index in [0.29, 0.717) is 0 Å². The molecule has 0 saturated heterocycles. The highest BCUT2D eigenvalue weighted by molar-refractivity contribution is 5.53. The summed E-state index contributed by atoms with van der Waals surface area (Å²) in [4.78, 5) is 0. The highest BCUT2D eigenvalue weighted by atomic mass is 16.6. The van der Waals surface area contributed by atoms with Crippen LogP contribution < -0.4 is 4.74 Å². The number of rotatable bonds is 3. The molecule has 0 aliphatic carbocycles. The zero-order valence-corrected chi connectivity index (χ0v) is 8.55. The van der Waals surface area contributed by atoms with Crippen molar-refractivity contribution in [3.05, 3.63) is 24.3 Å². The first-order chi connectivity index (χ1) is 6.38. The lowest BCUT2D eigenvalue weighted by Gasteiger charge is -1.86. The van der Waals surface area contributed by atoms with Gasteiger partial charge in [0.15, 0.2) is 11.5 Å². The summed E-state index contributed by atoms with van der Waals surface area (Å²) in [5.41, 5.74) is 0. The number of hydrogen-bond acceptors (Lipinski definition) is 1. The summed E-state index contributed by atoms with van der Waals surface area (Å²) in [6.07, 6.45) is 5.54. The van der Waals surface area contributed by atoms with Crippen LogP contribution >= 0.6 is 0 Å². The van der Waals surface area contributed by atoms with Gasteiger partial charge in [0, 0.05) is 0 Å². The number of unbranched alkanes of at least 4 members (excludes halogenated alkanes) is 3. The molecule has 13 heavy (non-hydrogen) atoms. The van der Waals surface area contributed by atoms with Crippen LogP contribution in [-0.4, -0.2) is 0 Å². The fourth-order valence-corrected chi connectivity index (χ4v) is 1.11. The summed E-state index contributed by atoms with van der Waals surface area (Å²) >= 11 is 0. The van der Waals surface area contributed by atoms with Gasteiger partial charge < -0.3 is 4.74 Å². The van der Waals surface area contributed by atoms with E-state index in [9.17, 15) is 0 Å². The molecule has 0 fully saturated rings. The molecular weight excluding hydrogens is 160 g/mol. The van der Waals surface area contributed by atoms with E-state index < -0.39 is 0 Å². The molecule has 1 aromatic carbocycles. The molecule has 1 aliphatic heterocycles. The Labute approximate surface area is 80.7 Å². The summed E-state index contributed by atoms with van der Waals surface area (Å²) in [5, 5.41) is 0. The average molecular weight is 178 g/mol. The van der Waals surface area contributed by atoms with Gasteiger partial charge in [-0.05, 0) is 12.1 Å². The van der Waals surface area contributed by atoms with Crippen LogP contribution in [0.5, 0.6) is 11.5 Å². The lowest BCUT2D eigenvalue weighted by atomic mass is 10.2. The van der Waals surface area contributed by atoms with E-state index in [0.717, 1.165) is 11.5 Å². The van der Waals surface area contributed by atoms with Gasteiger partial charge in [0.2, 0.25) is 0 Å². The second kappa shape index (κ2) is 5.63. The summed E-state index contributed by atoms with van der Waals surface area (Å²) in [6.45, 7) is 4.46. The monoisotopic (exact) mass is 178 g/mol. The van der Waals surface area contributed by atoms with Gasteiger partial charge in [-0.25, -0.2) is 0 Å². The molecule has 0 saturated carbocycles. The molecule has 0 N–H and O–H groups in total. The molecule has 0 spiro atoms. The van der Waals surface area contributed by atoms with Gasteiger partial charge in [-0.3, -0.25) is 0 Å². The third kappa shape index (κ3) is 3.97. The number of fused-ring (bicyclic) bond motifs is 1. The minimum Gasteiger partial charge on any atom is -0.450 e. The fourth-order valence-electron chi connectivity index (χ4n) is 1.11. The maximum atomic E-state index is 4.94. The van der Waals surface area contributed by atoms with E-state index in [1.54, 1.807) is 0 Å². The molecule has 1 aliphatic rings. The standard InChI is InChI=1S/C6H4O.C6H14/c1-2-4-6-5(3-1)7-6;1-3-5-6-4-2/h1-4H;3-6H2,1-2H3. The number of benzene rings is 1. The number of ether oxygens (including phenoxy) is 1. The van der Waals surface area contributed by atoms with Crippen LogP contribution in [-0.2, 0) is 0 Å². The molecule has 0 unspecified atom stereocenters. The Morgan fingerprint density at radius 2 is 1.38 bits per heavy atom. The molecule has 1 heteroatoms. The topological polar surface area (TPSA) is 12.5 Å². The van der Waals surface area contributed by atoms with E-state index in [-0.39, 0.29) is 0 Å². The molecule has 1 nitrogen and oxygen atoms in total. The Morgan fingerprint density at radius 3 is 1.69 bits per heavy atom. The van der Waals surface area contributed by atoms with Gasteiger partial charge in [-0.2, -0.15) is 0 Å². The largest absolute Gasteiger partial charge is 0.450 e. The van der Waals surface area contributed by atoms with Crippen LogP contribution in [0.2, 0.25) is 0 Å². The Hall–Kier alpha value is -0.980. The summed E-state index contributed by atoms with van der Waals surface area (Å²) in [6, 6.07) is 7.84. The highest BCUT2D eigenvalue weighted by Gasteiger charge is 2.15. The van der Waals surface area contributed by atoms with Crippen LogP contribution in [0, 0.1) is 0 Å². The van der Waals surface area contributed by atoms with Crippen LogP contribution in [0.1, 0.15) is 39.5 Å². The van der Waals surface area contributed by atoms with Crippen molar-refractivity contribution < 1.29 is 4.74 Å². The third-order valence-corrected chi connectivity index (χ3v) is 1.98. The highest BCUT2D eigenvalue weighted by Crippen LogP contribution is 2.43. The van der Waals surface area contributed by atoms with Crippen molar-refractivity contribution in [3.8, 4) is 11.5 Å². The second-order valence-corrected chi connectivity index (χ2v) is 3.26. The van der Waals surface area contributed by atoms with Crippen molar-refractivity contribution in [1.82, 2.24) is 0 Å². The molecule has 1 heterocycles. The molecule has 0 bridgehead atoms. The van der Waals surface area contributed by atoms with Crippen LogP contribution in [0.15, 0.2) is 24.3 Å². The first kappa shape index (κ1) is 10.1. The smallest absolute Gasteiger partial charge is 0.170 e. The Morgan fingerprint density at radius 1 is 0.923 bits per heavy atom. The summed E-state index contributed by atoms with van der Waals surface area (Å²) in [7, 11) is 0. The van der Waals surface area contributed by atoms with Crippen molar-refractivity contribution >= 4 is 0 Å². The fraction of sp³-hybridized carbons (Fsp3) is 0.500. The van der Waals surface area contributed by atoms with E-state index in [2.05, 4.69) is 13.8 Å². The molecule has 2 rings (SSSR count). The van der Waals surface area contributed by atoms with E-state index in [1.165, 1.54) is 25.7 Å². The third-order valence-electron chi connectivity index (χ3n) is 1.98. The average Bonchev–Trinajstić information content (AvgIpc) is 2.94. The second-order valence-electron chi connectivity index (χ2n) is 3.26.